The molecule has 1 aromatic carbocycles. The summed E-state index contributed by atoms with van der Waals surface area (Å²) in [5, 5.41) is 28.9. The highest BCUT2D eigenvalue weighted by atomic mass is 16.3. The first-order valence-electron chi connectivity index (χ1n) is 5.84. The average Bonchev–Trinajstić information content (AvgIpc) is 2.12. The van der Waals surface area contributed by atoms with Gasteiger partial charge in [0.1, 0.15) is 23.0 Å². The van der Waals surface area contributed by atoms with Crippen molar-refractivity contribution in [3.63, 3.8) is 0 Å². The summed E-state index contributed by atoms with van der Waals surface area (Å²) in [7, 11) is 0. The van der Waals surface area contributed by atoms with E-state index in [9.17, 15) is 20.1 Å². The molecule has 0 radical (unpaired) electrons. The molecule has 0 aromatic heterocycles. The summed E-state index contributed by atoms with van der Waals surface area (Å²) in [6, 6.07) is 2.43. The molecule has 4 nitrogen and oxygen atoms in total. The summed E-state index contributed by atoms with van der Waals surface area (Å²) >= 11 is 0. The largest absolute Gasteiger partial charge is 0.508 e. The van der Waals surface area contributed by atoms with Gasteiger partial charge in [0.2, 0.25) is 0 Å². The Morgan fingerprint density at radius 1 is 1.06 bits per heavy atom. The van der Waals surface area contributed by atoms with Crippen molar-refractivity contribution in [2.24, 2.45) is 11.8 Å². The molecular formula is C13H14O4. The van der Waals surface area contributed by atoms with Gasteiger partial charge in [0.05, 0.1) is 0 Å². The summed E-state index contributed by atoms with van der Waals surface area (Å²) in [5.41, 5.74) is 0.416. The molecular weight excluding hydrogens is 220 g/mol. The fourth-order valence-electron chi connectivity index (χ4n) is 3.13. The maximum absolute atomic E-state index is 11.7. The minimum atomic E-state index is -0.169. The van der Waals surface area contributed by atoms with Crippen LogP contribution in [0.3, 0.4) is 0 Å². The number of phenols is 3. The van der Waals surface area contributed by atoms with Crippen LogP contribution in [0.25, 0.3) is 0 Å². The van der Waals surface area contributed by atoms with Crippen molar-refractivity contribution in [1.82, 2.24) is 0 Å². The molecule has 0 amide bonds. The SMILES string of the molecule is O=C1C[C@@H](c2c(O)cc(O)cc2O)[C@H]2C[C@@H]1C2. The Morgan fingerprint density at radius 3 is 2.18 bits per heavy atom. The molecule has 4 heteroatoms. The van der Waals surface area contributed by atoms with Crippen LogP contribution in [0.15, 0.2) is 12.1 Å². The lowest BCUT2D eigenvalue weighted by molar-refractivity contribution is -0.133. The molecule has 0 heterocycles. The molecule has 3 N–H and O–H groups in total. The summed E-state index contributed by atoms with van der Waals surface area (Å²) < 4.78 is 0. The molecule has 1 atom stereocenters. The second kappa shape index (κ2) is 3.39. The number of benzene rings is 1. The van der Waals surface area contributed by atoms with Crippen LogP contribution >= 0.6 is 0 Å². The number of rotatable bonds is 1. The van der Waals surface area contributed by atoms with Crippen LogP contribution < -0.4 is 0 Å². The van der Waals surface area contributed by atoms with Gasteiger partial charge >= 0.3 is 0 Å². The van der Waals surface area contributed by atoms with Crippen LogP contribution in [0.2, 0.25) is 0 Å². The third-order valence-electron chi connectivity index (χ3n) is 4.11. The molecule has 0 spiro atoms. The van der Waals surface area contributed by atoms with Gasteiger partial charge < -0.3 is 15.3 Å². The third kappa shape index (κ3) is 1.47. The van der Waals surface area contributed by atoms with Crippen molar-refractivity contribution in [1.29, 1.82) is 0 Å². The van der Waals surface area contributed by atoms with Gasteiger partial charge in [-0.2, -0.15) is 0 Å². The smallest absolute Gasteiger partial charge is 0.136 e. The predicted octanol–water partition coefficient (Wildman–Crippen LogP) is 1.89. The zero-order valence-corrected chi connectivity index (χ0v) is 9.26. The number of Topliss-reactive ketones (excluding diaryl/α,β-unsaturated/α-hetero) is 1. The molecule has 4 rings (SSSR count). The van der Waals surface area contributed by atoms with Crippen molar-refractivity contribution in [3.8, 4) is 17.2 Å². The summed E-state index contributed by atoms with van der Waals surface area (Å²) in [4.78, 5) is 11.7. The van der Waals surface area contributed by atoms with E-state index in [2.05, 4.69) is 0 Å². The molecule has 0 saturated heterocycles. The van der Waals surface area contributed by atoms with E-state index in [-0.39, 0.29) is 34.9 Å². The van der Waals surface area contributed by atoms with E-state index in [1.54, 1.807) is 0 Å². The Bertz CT molecular complexity index is 465. The van der Waals surface area contributed by atoms with Crippen molar-refractivity contribution in [2.75, 3.05) is 0 Å². The number of carbonyl (C=O) groups is 1. The zero-order chi connectivity index (χ0) is 12.2. The van der Waals surface area contributed by atoms with Crippen LogP contribution in [0, 0.1) is 11.8 Å². The van der Waals surface area contributed by atoms with E-state index in [4.69, 9.17) is 0 Å². The first kappa shape index (κ1) is 10.4. The van der Waals surface area contributed by atoms with Crippen molar-refractivity contribution < 1.29 is 20.1 Å². The molecule has 3 fully saturated rings. The van der Waals surface area contributed by atoms with Crippen molar-refractivity contribution in [3.05, 3.63) is 17.7 Å². The van der Waals surface area contributed by atoms with Crippen molar-refractivity contribution >= 4 is 5.78 Å². The average molecular weight is 234 g/mol. The lowest BCUT2D eigenvalue weighted by Crippen LogP contribution is -2.41. The molecule has 17 heavy (non-hydrogen) atoms. The molecule has 3 saturated carbocycles. The number of aromatic hydroxyl groups is 3. The van der Waals surface area contributed by atoms with Crippen LogP contribution in [0.4, 0.5) is 0 Å². The van der Waals surface area contributed by atoms with Crippen LogP contribution in [0.1, 0.15) is 30.7 Å². The van der Waals surface area contributed by atoms with Gasteiger partial charge in [-0.15, -0.1) is 0 Å². The summed E-state index contributed by atoms with van der Waals surface area (Å²) in [6.07, 6.45) is 2.12. The molecule has 1 aromatic rings. The van der Waals surface area contributed by atoms with E-state index in [0.717, 1.165) is 12.8 Å². The second-order valence-electron chi connectivity index (χ2n) is 5.10. The maximum Gasteiger partial charge on any atom is 0.136 e. The Hall–Kier alpha value is -1.71. The molecule has 3 aliphatic rings. The monoisotopic (exact) mass is 234 g/mol. The lowest BCUT2D eigenvalue weighted by Gasteiger charge is -2.45. The molecule has 0 aliphatic heterocycles. The van der Waals surface area contributed by atoms with Gasteiger partial charge in [-0.25, -0.2) is 0 Å². The summed E-state index contributed by atoms with van der Waals surface area (Å²) in [5.74, 6) is 0.294. The first-order chi connectivity index (χ1) is 8.06. The van der Waals surface area contributed by atoms with Gasteiger partial charge in [0, 0.05) is 36.0 Å². The Morgan fingerprint density at radius 2 is 1.65 bits per heavy atom. The van der Waals surface area contributed by atoms with E-state index < -0.39 is 0 Å². The highest BCUT2D eigenvalue weighted by molar-refractivity contribution is 5.85. The molecule has 0 unspecified atom stereocenters. The minimum Gasteiger partial charge on any atom is -0.508 e. The molecule has 90 valence electrons. The van der Waals surface area contributed by atoms with E-state index in [1.165, 1.54) is 12.1 Å². The van der Waals surface area contributed by atoms with E-state index in [1.807, 2.05) is 0 Å². The Labute approximate surface area is 98.5 Å². The van der Waals surface area contributed by atoms with Gasteiger partial charge in [0.25, 0.3) is 0 Å². The Kier molecular flexibility index (Phi) is 2.08. The topological polar surface area (TPSA) is 77.8 Å². The number of hydrogen-bond donors (Lipinski definition) is 3. The van der Waals surface area contributed by atoms with Crippen molar-refractivity contribution in [2.45, 2.75) is 25.2 Å². The van der Waals surface area contributed by atoms with Crippen LogP contribution in [0.5, 0.6) is 17.2 Å². The fraction of sp³-hybridized carbons (Fsp3) is 0.462. The van der Waals surface area contributed by atoms with Crippen LogP contribution in [-0.4, -0.2) is 21.1 Å². The minimum absolute atomic E-state index is 0.104. The zero-order valence-electron chi connectivity index (χ0n) is 9.26. The highest BCUT2D eigenvalue weighted by Crippen LogP contribution is 2.54. The molecule has 2 bridgehead atoms. The maximum atomic E-state index is 11.7. The normalized spacial score (nSPS) is 31.1. The van der Waals surface area contributed by atoms with E-state index in [0.29, 0.717) is 17.9 Å². The van der Waals surface area contributed by atoms with Crippen LogP contribution in [-0.2, 0) is 4.79 Å². The van der Waals surface area contributed by atoms with Gasteiger partial charge in [0.15, 0.2) is 0 Å². The highest BCUT2D eigenvalue weighted by Gasteiger charge is 2.47. The quantitative estimate of drug-likeness (QED) is 0.693. The number of ketones is 1. The lowest BCUT2D eigenvalue weighted by atomic mass is 9.57. The van der Waals surface area contributed by atoms with E-state index >= 15 is 0 Å². The van der Waals surface area contributed by atoms with Gasteiger partial charge in [-0.1, -0.05) is 0 Å². The number of hydrogen-bond acceptors (Lipinski definition) is 4. The first-order valence-corrected chi connectivity index (χ1v) is 5.84. The second-order valence-corrected chi connectivity index (χ2v) is 5.10. The predicted molar refractivity (Wildman–Crippen MR) is 60.0 cm³/mol. The van der Waals surface area contributed by atoms with Gasteiger partial charge in [-0.05, 0) is 18.8 Å². The number of phenolic OH excluding ortho intramolecular Hbond substituents is 3. The summed E-state index contributed by atoms with van der Waals surface area (Å²) in [6.45, 7) is 0. The van der Waals surface area contributed by atoms with Gasteiger partial charge in [-0.3, -0.25) is 4.79 Å². The molecule has 3 aliphatic carbocycles. The third-order valence-corrected chi connectivity index (χ3v) is 4.11. The standard InChI is InChI=1S/C13H14O4/c14-8-3-11(16)13(12(17)4-8)9-5-10(15)7-1-6(9)2-7/h3-4,6-7,9,14,16-17H,1-2,5H2/t6-,7+,9-/m1/s1. The Balaban J connectivity index is 2.01. The number of fused-ring (bicyclic) bond motifs is 2. The number of carbonyl (C=O) groups excluding carboxylic acids is 1. The fourth-order valence-corrected chi connectivity index (χ4v) is 3.13.